The largest absolute Gasteiger partial charge is 0.409 e. The van der Waals surface area contributed by atoms with Crippen molar-refractivity contribution < 1.29 is 9.60 Å². The van der Waals surface area contributed by atoms with E-state index in [9.17, 15) is 4.39 Å². The maximum Gasteiger partial charge on any atom is 0.170 e. The number of nitrogens with zero attached hydrogens (tertiary/aromatic N) is 3. The summed E-state index contributed by atoms with van der Waals surface area (Å²) in [5, 5.41) is 11.7. The second kappa shape index (κ2) is 6.18. The van der Waals surface area contributed by atoms with E-state index >= 15 is 0 Å². The number of nitrogens with two attached hydrogens (primary N) is 1. The lowest BCUT2D eigenvalue weighted by molar-refractivity contribution is 0.318. The van der Waals surface area contributed by atoms with Gasteiger partial charge in [-0.05, 0) is 24.1 Å². The van der Waals surface area contributed by atoms with Crippen LogP contribution in [-0.2, 0) is 13.0 Å². The average Bonchev–Trinajstić information content (AvgIpc) is 2.87. The van der Waals surface area contributed by atoms with Crippen LogP contribution in [0.3, 0.4) is 0 Å². The van der Waals surface area contributed by atoms with Gasteiger partial charge in [-0.1, -0.05) is 18.1 Å². The van der Waals surface area contributed by atoms with Crippen molar-refractivity contribution in [3.63, 3.8) is 0 Å². The molecule has 2 rings (SSSR count). The highest BCUT2D eigenvalue weighted by atomic mass is 19.1. The van der Waals surface area contributed by atoms with E-state index in [4.69, 9.17) is 10.9 Å². The van der Waals surface area contributed by atoms with Crippen molar-refractivity contribution in [1.29, 1.82) is 0 Å². The van der Waals surface area contributed by atoms with Gasteiger partial charge in [0.2, 0.25) is 0 Å². The molecule has 0 saturated heterocycles. The number of aryl methyl sites for hydroxylation is 1. The van der Waals surface area contributed by atoms with Gasteiger partial charge in [0.25, 0.3) is 0 Å². The minimum Gasteiger partial charge on any atom is -0.409 e. The molecule has 0 spiro atoms. The lowest BCUT2D eigenvalue weighted by atomic mass is 10.1. The average molecular weight is 276 g/mol. The van der Waals surface area contributed by atoms with Crippen LogP contribution in [-0.4, -0.2) is 20.6 Å². The summed E-state index contributed by atoms with van der Waals surface area (Å²) in [5.41, 5.74) is 6.77. The van der Waals surface area contributed by atoms with Gasteiger partial charge in [-0.15, -0.1) is 0 Å². The van der Waals surface area contributed by atoms with Crippen LogP contribution in [0.25, 0.3) is 0 Å². The first-order valence-corrected chi connectivity index (χ1v) is 6.42. The van der Waals surface area contributed by atoms with Gasteiger partial charge in [-0.3, -0.25) is 0 Å². The molecule has 1 aromatic carbocycles. The van der Waals surface area contributed by atoms with E-state index in [0.29, 0.717) is 12.1 Å². The topological polar surface area (TPSA) is 76.4 Å². The first-order chi connectivity index (χ1) is 9.65. The molecule has 1 aromatic heterocycles. The number of hydrogen-bond donors (Lipinski definition) is 2. The summed E-state index contributed by atoms with van der Waals surface area (Å²) >= 11 is 0. The van der Waals surface area contributed by atoms with E-state index < -0.39 is 5.82 Å². The van der Waals surface area contributed by atoms with Crippen LogP contribution >= 0.6 is 0 Å². The highest BCUT2D eigenvalue weighted by Gasteiger charge is 2.11. The van der Waals surface area contributed by atoms with Gasteiger partial charge in [0.15, 0.2) is 5.84 Å². The van der Waals surface area contributed by atoms with Gasteiger partial charge >= 0.3 is 0 Å². The molecule has 20 heavy (non-hydrogen) atoms. The predicted molar refractivity (Wildman–Crippen MR) is 74.2 cm³/mol. The van der Waals surface area contributed by atoms with Crippen LogP contribution in [0.15, 0.2) is 35.7 Å². The van der Waals surface area contributed by atoms with E-state index in [1.54, 1.807) is 12.3 Å². The molecule has 0 atom stereocenters. The monoisotopic (exact) mass is 276 g/mol. The molecule has 2 aromatic rings. The van der Waals surface area contributed by atoms with Gasteiger partial charge in [0, 0.05) is 30.9 Å². The molecule has 6 heteroatoms. The van der Waals surface area contributed by atoms with Crippen LogP contribution in [0.2, 0.25) is 0 Å². The molecule has 0 fully saturated rings. The number of oxime groups is 1. The Kier molecular flexibility index (Phi) is 4.34. The lowest BCUT2D eigenvalue weighted by Gasteiger charge is -2.11. The molecule has 0 unspecified atom stereocenters. The minimum absolute atomic E-state index is 0.100. The van der Waals surface area contributed by atoms with Crippen molar-refractivity contribution in [1.82, 2.24) is 9.55 Å². The number of aromatic nitrogens is 2. The third kappa shape index (κ3) is 2.96. The van der Waals surface area contributed by atoms with Crippen molar-refractivity contribution in [3.8, 4) is 0 Å². The predicted octanol–water partition coefficient (Wildman–Crippen LogP) is 2.12. The van der Waals surface area contributed by atoms with Crippen molar-refractivity contribution in [2.45, 2.75) is 26.3 Å². The zero-order chi connectivity index (χ0) is 14.5. The second-order valence-corrected chi connectivity index (χ2v) is 4.51. The summed E-state index contributed by atoms with van der Waals surface area (Å²) in [6, 6.07) is 4.26. The van der Waals surface area contributed by atoms with Gasteiger partial charge in [0.05, 0.1) is 0 Å². The number of hydrogen-bond acceptors (Lipinski definition) is 3. The summed E-state index contributed by atoms with van der Waals surface area (Å²) < 4.78 is 15.3. The van der Waals surface area contributed by atoms with E-state index in [1.807, 2.05) is 10.8 Å². The first-order valence-electron chi connectivity index (χ1n) is 6.42. The zero-order valence-corrected chi connectivity index (χ0v) is 11.3. The zero-order valence-electron chi connectivity index (χ0n) is 11.3. The van der Waals surface area contributed by atoms with Crippen molar-refractivity contribution in [2.24, 2.45) is 10.9 Å². The number of halogens is 1. The molecule has 5 nitrogen and oxygen atoms in total. The minimum atomic E-state index is -0.422. The third-order valence-electron chi connectivity index (χ3n) is 3.07. The smallest absolute Gasteiger partial charge is 0.170 e. The molecule has 0 radical (unpaired) electrons. The maximum atomic E-state index is 13.3. The Bertz CT molecular complexity index is 621. The Morgan fingerprint density at radius 1 is 1.50 bits per heavy atom. The number of benzene rings is 1. The van der Waals surface area contributed by atoms with Crippen molar-refractivity contribution in [2.75, 3.05) is 0 Å². The fourth-order valence-electron chi connectivity index (χ4n) is 2.10. The standard InChI is InChI=1S/C14H17FN4O/c1-2-3-13-17-6-7-19(13)9-10-4-5-11(15)8-12(10)14(16)18-20/h4-8,20H,2-3,9H2,1H3,(H2,16,18). The normalized spacial score (nSPS) is 11.8. The molecular formula is C14H17FN4O. The number of imidazole rings is 1. The van der Waals surface area contributed by atoms with E-state index in [-0.39, 0.29) is 5.84 Å². The van der Waals surface area contributed by atoms with Crippen molar-refractivity contribution >= 4 is 5.84 Å². The number of rotatable bonds is 5. The van der Waals surface area contributed by atoms with Gasteiger partial charge < -0.3 is 15.5 Å². The highest BCUT2D eigenvalue weighted by molar-refractivity contribution is 5.98. The Morgan fingerprint density at radius 3 is 3.00 bits per heavy atom. The van der Waals surface area contributed by atoms with Gasteiger partial charge in [0.1, 0.15) is 11.6 Å². The third-order valence-corrected chi connectivity index (χ3v) is 3.07. The molecule has 3 N–H and O–H groups in total. The van der Waals surface area contributed by atoms with Crippen molar-refractivity contribution in [3.05, 3.63) is 53.4 Å². The fraction of sp³-hybridized carbons (Fsp3) is 0.286. The Morgan fingerprint density at radius 2 is 2.30 bits per heavy atom. The van der Waals surface area contributed by atoms with Crippen LogP contribution in [0.5, 0.6) is 0 Å². The highest BCUT2D eigenvalue weighted by Crippen LogP contribution is 2.14. The van der Waals surface area contributed by atoms with Crippen LogP contribution < -0.4 is 5.73 Å². The molecule has 0 bridgehead atoms. The van der Waals surface area contributed by atoms with Gasteiger partial charge in [-0.25, -0.2) is 9.37 Å². The second-order valence-electron chi connectivity index (χ2n) is 4.51. The van der Waals surface area contributed by atoms with Crippen LogP contribution in [0.4, 0.5) is 4.39 Å². The maximum absolute atomic E-state index is 13.3. The summed E-state index contributed by atoms with van der Waals surface area (Å²) in [6.45, 7) is 2.58. The Labute approximate surface area is 116 Å². The molecule has 0 aliphatic carbocycles. The molecule has 0 aliphatic rings. The van der Waals surface area contributed by atoms with E-state index in [0.717, 1.165) is 24.2 Å². The molecule has 0 amide bonds. The summed E-state index contributed by atoms with van der Waals surface area (Å²) in [5.74, 6) is 0.439. The summed E-state index contributed by atoms with van der Waals surface area (Å²) in [4.78, 5) is 4.29. The van der Waals surface area contributed by atoms with E-state index in [2.05, 4.69) is 17.1 Å². The molecule has 106 valence electrons. The summed E-state index contributed by atoms with van der Waals surface area (Å²) in [7, 11) is 0. The Hall–Kier alpha value is -2.37. The Balaban J connectivity index is 2.35. The summed E-state index contributed by atoms with van der Waals surface area (Å²) in [6.07, 6.45) is 5.46. The SMILES string of the molecule is CCCc1nccn1Cc1ccc(F)cc1C(N)=NO. The van der Waals surface area contributed by atoms with Gasteiger partial charge in [-0.2, -0.15) is 0 Å². The molecule has 0 saturated carbocycles. The quantitative estimate of drug-likeness (QED) is 0.380. The lowest BCUT2D eigenvalue weighted by Crippen LogP contribution is -2.17. The fourth-order valence-corrected chi connectivity index (χ4v) is 2.10. The molecular weight excluding hydrogens is 259 g/mol. The number of amidine groups is 1. The van der Waals surface area contributed by atoms with E-state index in [1.165, 1.54) is 12.1 Å². The molecule has 0 aliphatic heterocycles. The van der Waals surface area contributed by atoms with Crippen LogP contribution in [0.1, 0.15) is 30.3 Å². The first kappa shape index (κ1) is 14.0. The molecule has 1 heterocycles. The van der Waals surface area contributed by atoms with Crippen LogP contribution in [0, 0.1) is 5.82 Å².